The minimum atomic E-state index is -3.53. The van der Waals surface area contributed by atoms with E-state index in [1.807, 2.05) is 20.8 Å². The van der Waals surface area contributed by atoms with Crippen molar-refractivity contribution in [3.8, 4) is 0 Å². The minimum absolute atomic E-state index is 0.134. The van der Waals surface area contributed by atoms with Crippen molar-refractivity contribution in [3.05, 3.63) is 24.5 Å². The van der Waals surface area contributed by atoms with Crippen LogP contribution < -0.4 is 4.72 Å². The molecular weight excluding hydrogens is 252 g/mol. The molecule has 0 aliphatic rings. The lowest BCUT2D eigenvalue weighted by atomic mass is 9.87. The molecule has 1 heterocycles. The third-order valence-corrected chi connectivity index (χ3v) is 4.10. The molecule has 2 N–H and O–H groups in total. The standard InChI is InChI=1S/C12H20N2O3S/c1-12(2,3)11(15)6-8-14-18(16,17)10-5-4-7-13-9-10/h4-5,7,9,11,14-15H,6,8H2,1-3H3. The number of rotatable bonds is 5. The fraction of sp³-hybridized carbons (Fsp3) is 0.583. The van der Waals surface area contributed by atoms with Gasteiger partial charge in [-0.05, 0) is 24.0 Å². The van der Waals surface area contributed by atoms with E-state index in [2.05, 4.69) is 9.71 Å². The van der Waals surface area contributed by atoms with Gasteiger partial charge >= 0.3 is 0 Å². The van der Waals surface area contributed by atoms with Gasteiger partial charge in [-0.2, -0.15) is 0 Å². The fourth-order valence-corrected chi connectivity index (χ4v) is 2.36. The Morgan fingerprint density at radius 2 is 2.11 bits per heavy atom. The molecule has 0 radical (unpaired) electrons. The zero-order valence-electron chi connectivity index (χ0n) is 10.9. The Kier molecular flexibility index (Phi) is 4.84. The largest absolute Gasteiger partial charge is 0.393 e. The normalized spacial score (nSPS) is 14.4. The lowest BCUT2D eigenvalue weighted by Gasteiger charge is -2.25. The summed E-state index contributed by atoms with van der Waals surface area (Å²) in [4.78, 5) is 3.90. The Hall–Kier alpha value is -0.980. The quantitative estimate of drug-likeness (QED) is 0.843. The van der Waals surface area contributed by atoms with Crippen LogP contribution >= 0.6 is 0 Å². The molecule has 1 rings (SSSR count). The van der Waals surface area contributed by atoms with E-state index in [0.29, 0.717) is 6.42 Å². The van der Waals surface area contributed by atoms with Crippen LogP contribution in [0.4, 0.5) is 0 Å². The van der Waals surface area contributed by atoms with Crippen LogP contribution in [0.2, 0.25) is 0 Å². The predicted octanol–water partition coefficient (Wildman–Crippen LogP) is 1.16. The molecule has 0 saturated heterocycles. The Labute approximate surface area is 108 Å². The number of aliphatic hydroxyl groups excluding tert-OH is 1. The highest BCUT2D eigenvalue weighted by atomic mass is 32.2. The van der Waals surface area contributed by atoms with E-state index in [-0.39, 0.29) is 16.9 Å². The first-order valence-electron chi connectivity index (χ1n) is 5.81. The molecule has 0 aromatic carbocycles. The maximum absolute atomic E-state index is 11.8. The van der Waals surface area contributed by atoms with Gasteiger partial charge in [0.2, 0.25) is 10.0 Å². The summed E-state index contributed by atoms with van der Waals surface area (Å²) in [6, 6.07) is 3.05. The summed E-state index contributed by atoms with van der Waals surface area (Å²) in [7, 11) is -3.53. The van der Waals surface area contributed by atoms with Gasteiger partial charge in [-0.1, -0.05) is 20.8 Å². The number of pyridine rings is 1. The predicted molar refractivity (Wildman–Crippen MR) is 69.5 cm³/mol. The molecule has 1 aromatic heterocycles. The maximum atomic E-state index is 11.8. The van der Waals surface area contributed by atoms with E-state index in [1.54, 1.807) is 6.07 Å². The van der Waals surface area contributed by atoms with Crippen molar-refractivity contribution in [1.29, 1.82) is 0 Å². The van der Waals surface area contributed by atoms with Crippen LogP contribution in [0.3, 0.4) is 0 Å². The maximum Gasteiger partial charge on any atom is 0.242 e. The zero-order chi connectivity index (χ0) is 13.8. The molecule has 1 atom stereocenters. The monoisotopic (exact) mass is 272 g/mol. The average molecular weight is 272 g/mol. The van der Waals surface area contributed by atoms with Gasteiger partial charge in [0.05, 0.1) is 6.10 Å². The van der Waals surface area contributed by atoms with Crippen LogP contribution in [-0.2, 0) is 10.0 Å². The van der Waals surface area contributed by atoms with Crippen molar-refractivity contribution in [2.24, 2.45) is 5.41 Å². The summed E-state index contributed by atoms with van der Waals surface area (Å²) < 4.78 is 26.1. The van der Waals surface area contributed by atoms with E-state index in [0.717, 1.165) is 0 Å². The van der Waals surface area contributed by atoms with E-state index in [9.17, 15) is 13.5 Å². The highest BCUT2D eigenvalue weighted by Gasteiger charge is 2.22. The number of nitrogens with zero attached hydrogens (tertiary/aromatic N) is 1. The van der Waals surface area contributed by atoms with Crippen molar-refractivity contribution in [3.63, 3.8) is 0 Å². The Morgan fingerprint density at radius 1 is 1.44 bits per heavy atom. The van der Waals surface area contributed by atoms with Crippen LogP contribution in [0, 0.1) is 5.41 Å². The molecular formula is C12H20N2O3S. The van der Waals surface area contributed by atoms with Gasteiger partial charge in [0.1, 0.15) is 4.90 Å². The molecule has 0 bridgehead atoms. The van der Waals surface area contributed by atoms with Crippen molar-refractivity contribution >= 4 is 10.0 Å². The molecule has 18 heavy (non-hydrogen) atoms. The summed E-state index contributed by atoms with van der Waals surface area (Å²) >= 11 is 0. The van der Waals surface area contributed by atoms with Gasteiger partial charge in [0.15, 0.2) is 0 Å². The van der Waals surface area contributed by atoms with Crippen LogP contribution in [0.5, 0.6) is 0 Å². The molecule has 102 valence electrons. The number of hydrogen-bond acceptors (Lipinski definition) is 4. The third kappa shape index (κ3) is 4.36. The highest BCUT2D eigenvalue weighted by Crippen LogP contribution is 2.21. The van der Waals surface area contributed by atoms with Gasteiger partial charge in [0.25, 0.3) is 0 Å². The number of aromatic nitrogens is 1. The number of sulfonamides is 1. The molecule has 0 aliphatic heterocycles. The van der Waals surface area contributed by atoms with Gasteiger partial charge in [-0.15, -0.1) is 0 Å². The molecule has 0 amide bonds. The molecule has 0 saturated carbocycles. The van der Waals surface area contributed by atoms with Gasteiger partial charge in [-0.25, -0.2) is 13.1 Å². The van der Waals surface area contributed by atoms with Crippen molar-refractivity contribution in [2.75, 3.05) is 6.54 Å². The SMILES string of the molecule is CC(C)(C)C(O)CCNS(=O)(=O)c1cccnc1. The molecule has 1 aromatic rings. The van der Waals surface area contributed by atoms with E-state index < -0.39 is 16.1 Å². The van der Waals surface area contributed by atoms with Crippen molar-refractivity contribution < 1.29 is 13.5 Å². The first-order valence-corrected chi connectivity index (χ1v) is 7.29. The van der Waals surface area contributed by atoms with Gasteiger partial charge < -0.3 is 5.11 Å². The lowest BCUT2D eigenvalue weighted by molar-refractivity contribution is 0.0571. The number of hydrogen-bond donors (Lipinski definition) is 2. The Bertz CT molecular complexity index is 466. The van der Waals surface area contributed by atoms with Gasteiger partial charge in [-0.3, -0.25) is 4.98 Å². The molecule has 6 heteroatoms. The molecule has 0 aliphatic carbocycles. The Morgan fingerprint density at radius 3 is 2.61 bits per heavy atom. The zero-order valence-corrected chi connectivity index (χ0v) is 11.7. The second kappa shape index (κ2) is 5.77. The van der Waals surface area contributed by atoms with Crippen molar-refractivity contribution in [2.45, 2.75) is 38.2 Å². The van der Waals surface area contributed by atoms with E-state index >= 15 is 0 Å². The number of nitrogens with one attached hydrogen (secondary N) is 1. The average Bonchev–Trinajstić information content (AvgIpc) is 2.28. The number of aliphatic hydroxyl groups is 1. The third-order valence-electron chi connectivity index (χ3n) is 2.65. The molecule has 1 unspecified atom stereocenters. The van der Waals surface area contributed by atoms with Crippen LogP contribution in [0.25, 0.3) is 0 Å². The topological polar surface area (TPSA) is 79.3 Å². The molecule has 0 fully saturated rings. The smallest absolute Gasteiger partial charge is 0.242 e. The first kappa shape index (κ1) is 15.1. The van der Waals surface area contributed by atoms with Crippen LogP contribution in [-0.4, -0.2) is 31.2 Å². The fourth-order valence-electron chi connectivity index (χ4n) is 1.35. The molecule has 5 nitrogen and oxygen atoms in total. The molecule has 0 spiro atoms. The summed E-state index contributed by atoms with van der Waals surface area (Å²) in [6.45, 7) is 5.93. The van der Waals surface area contributed by atoms with E-state index in [4.69, 9.17) is 0 Å². The summed E-state index contributed by atoms with van der Waals surface area (Å²) in [5.74, 6) is 0. The lowest BCUT2D eigenvalue weighted by Crippen LogP contribution is -2.32. The Balaban J connectivity index is 2.54. The summed E-state index contributed by atoms with van der Waals surface area (Å²) in [5, 5.41) is 9.81. The van der Waals surface area contributed by atoms with Crippen LogP contribution in [0.15, 0.2) is 29.4 Å². The van der Waals surface area contributed by atoms with Crippen molar-refractivity contribution in [1.82, 2.24) is 9.71 Å². The summed E-state index contributed by atoms with van der Waals surface area (Å²) in [5.41, 5.74) is -0.250. The van der Waals surface area contributed by atoms with E-state index in [1.165, 1.54) is 18.5 Å². The van der Waals surface area contributed by atoms with Crippen LogP contribution in [0.1, 0.15) is 27.2 Å². The second-order valence-corrected chi connectivity index (χ2v) is 7.02. The first-order chi connectivity index (χ1) is 8.23. The van der Waals surface area contributed by atoms with Gasteiger partial charge in [0, 0.05) is 18.9 Å². The minimum Gasteiger partial charge on any atom is -0.393 e. The summed E-state index contributed by atoms with van der Waals surface area (Å²) in [6.07, 6.45) is 2.64. The second-order valence-electron chi connectivity index (χ2n) is 5.26. The highest BCUT2D eigenvalue weighted by molar-refractivity contribution is 7.89.